The topological polar surface area (TPSA) is 41.1 Å². The molecule has 3 nitrogen and oxygen atoms in total. The monoisotopic (exact) mass is 284 g/mol. The van der Waals surface area contributed by atoms with Crippen molar-refractivity contribution in [2.75, 3.05) is 25.4 Å². The number of carbonyl (C=O) groups is 1. The minimum absolute atomic E-state index is 0.121. The van der Waals surface area contributed by atoms with Crippen LogP contribution in [0.1, 0.15) is 0 Å². The van der Waals surface area contributed by atoms with Crippen molar-refractivity contribution >= 4 is 17.7 Å². The number of alkyl halides is 6. The third-order valence-corrected chi connectivity index (χ3v) is 2.05. The minimum atomic E-state index is -4.50. The highest BCUT2D eigenvalue weighted by Gasteiger charge is 2.28. The van der Waals surface area contributed by atoms with Crippen molar-refractivity contribution in [2.45, 2.75) is 11.7 Å². The van der Waals surface area contributed by atoms with Crippen LogP contribution in [-0.4, -0.2) is 43.0 Å². The number of thioether (sulfide) groups is 1. The molecule has 0 aliphatic carbocycles. The first-order valence-corrected chi connectivity index (χ1v) is 5.33. The number of hydrogen-bond donors (Lipinski definition) is 2. The van der Waals surface area contributed by atoms with Gasteiger partial charge < -0.3 is 10.6 Å². The summed E-state index contributed by atoms with van der Waals surface area (Å²) in [5, 5.41) is 3.87. The molecule has 0 unspecified atom stereocenters. The van der Waals surface area contributed by atoms with Gasteiger partial charge in [-0.15, -0.1) is 0 Å². The Balaban J connectivity index is 3.47. The molecule has 0 aromatic heterocycles. The first kappa shape index (κ1) is 16.4. The second-order valence-electron chi connectivity index (χ2n) is 2.86. The standard InChI is InChI=1S/C7H10F6N2OS/c8-6(9,10)4-15-5(16)3-14-1-2-17-7(11,12)13/h14H,1-4H2,(H,15,16). The molecule has 0 aromatic rings. The highest BCUT2D eigenvalue weighted by Crippen LogP contribution is 2.29. The lowest BCUT2D eigenvalue weighted by molar-refractivity contribution is -0.137. The molecule has 1 amide bonds. The molecule has 0 spiro atoms. The third-order valence-electron chi connectivity index (χ3n) is 1.32. The molecule has 0 rings (SSSR count). The van der Waals surface area contributed by atoms with E-state index in [4.69, 9.17) is 0 Å². The molecule has 0 aromatic carbocycles. The van der Waals surface area contributed by atoms with Crippen molar-refractivity contribution in [2.24, 2.45) is 0 Å². The van der Waals surface area contributed by atoms with Crippen LogP contribution >= 0.6 is 11.8 Å². The molecule has 2 N–H and O–H groups in total. The van der Waals surface area contributed by atoms with E-state index in [0.717, 1.165) is 0 Å². The summed E-state index contributed by atoms with van der Waals surface area (Å²) in [4.78, 5) is 10.7. The summed E-state index contributed by atoms with van der Waals surface area (Å²) in [6.45, 7) is -2.02. The van der Waals surface area contributed by atoms with Crippen LogP contribution in [0.4, 0.5) is 26.3 Å². The van der Waals surface area contributed by atoms with Gasteiger partial charge in [0, 0.05) is 12.3 Å². The Morgan fingerprint density at radius 3 is 2.18 bits per heavy atom. The van der Waals surface area contributed by atoms with E-state index in [-0.39, 0.29) is 24.1 Å². The van der Waals surface area contributed by atoms with E-state index in [9.17, 15) is 31.1 Å². The Morgan fingerprint density at radius 1 is 1.12 bits per heavy atom. The minimum Gasteiger partial charge on any atom is -0.346 e. The smallest absolute Gasteiger partial charge is 0.346 e. The predicted molar refractivity (Wildman–Crippen MR) is 50.4 cm³/mol. The summed E-state index contributed by atoms with van der Waals surface area (Å²) in [6, 6.07) is 0. The zero-order chi connectivity index (χ0) is 13.5. The number of nitrogens with one attached hydrogen (secondary N) is 2. The van der Waals surface area contributed by atoms with Crippen molar-refractivity contribution < 1.29 is 31.1 Å². The lowest BCUT2D eigenvalue weighted by Crippen LogP contribution is -2.39. The Bertz CT molecular complexity index is 241. The van der Waals surface area contributed by atoms with Gasteiger partial charge in [0.15, 0.2) is 0 Å². The van der Waals surface area contributed by atoms with Gasteiger partial charge >= 0.3 is 11.7 Å². The summed E-state index contributed by atoms with van der Waals surface area (Å²) < 4.78 is 69.8. The van der Waals surface area contributed by atoms with E-state index in [1.54, 1.807) is 5.32 Å². The molecular formula is C7H10F6N2OS. The van der Waals surface area contributed by atoms with E-state index in [0.29, 0.717) is 0 Å². The van der Waals surface area contributed by atoms with Gasteiger partial charge in [0.25, 0.3) is 0 Å². The molecule has 0 radical (unpaired) electrons. The normalized spacial score (nSPS) is 12.6. The maximum atomic E-state index is 11.6. The van der Waals surface area contributed by atoms with Crippen molar-refractivity contribution in [1.82, 2.24) is 10.6 Å². The number of rotatable bonds is 6. The Hall–Kier alpha value is -0.640. The Kier molecular flexibility index (Phi) is 6.68. The molecule has 0 aliphatic rings. The van der Waals surface area contributed by atoms with Crippen LogP contribution in [0.5, 0.6) is 0 Å². The van der Waals surface area contributed by atoms with Gasteiger partial charge in [0.05, 0.1) is 6.54 Å². The van der Waals surface area contributed by atoms with Gasteiger partial charge in [-0.2, -0.15) is 26.3 Å². The van der Waals surface area contributed by atoms with Crippen LogP contribution < -0.4 is 10.6 Å². The van der Waals surface area contributed by atoms with Gasteiger partial charge in [0.1, 0.15) is 6.54 Å². The van der Waals surface area contributed by atoms with Gasteiger partial charge in [0.2, 0.25) is 5.91 Å². The maximum absolute atomic E-state index is 11.6. The average molecular weight is 284 g/mol. The number of hydrogen-bond acceptors (Lipinski definition) is 3. The molecule has 0 atom stereocenters. The van der Waals surface area contributed by atoms with Gasteiger partial charge in [-0.25, -0.2) is 0 Å². The van der Waals surface area contributed by atoms with Crippen LogP contribution in [0.2, 0.25) is 0 Å². The molecule has 10 heteroatoms. The molecular weight excluding hydrogens is 274 g/mol. The van der Waals surface area contributed by atoms with E-state index in [1.165, 1.54) is 0 Å². The maximum Gasteiger partial charge on any atom is 0.441 e. The molecule has 0 bridgehead atoms. The van der Waals surface area contributed by atoms with E-state index in [2.05, 4.69) is 5.32 Å². The SMILES string of the molecule is O=C(CNCCSC(F)(F)F)NCC(F)(F)F. The first-order chi connectivity index (χ1) is 7.60. The largest absolute Gasteiger partial charge is 0.441 e. The molecule has 0 aliphatic heterocycles. The van der Waals surface area contributed by atoms with Gasteiger partial charge in [-0.05, 0) is 11.8 Å². The lowest BCUT2D eigenvalue weighted by atomic mass is 10.5. The van der Waals surface area contributed by atoms with Gasteiger partial charge in [-0.3, -0.25) is 4.79 Å². The van der Waals surface area contributed by atoms with E-state index in [1.807, 2.05) is 0 Å². The number of amides is 1. The average Bonchev–Trinajstić information content (AvgIpc) is 2.11. The summed E-state index contributed by atoms with van der Waals surface area (Å²) >= 11 is -0.271. The lowest BCUT2D eigenvalue weighted by Gasteiger charge is -2.09. The van der Waals surface area contributed by atoms with Crippen LogP contribution in [0, 0.1) is 0 Å². The molecule has 0 fully saturated rings. The fourth-order valence-corrected chi connectivity index (χ4v) is 1.18. The molecule has 0 saturated heterocycles. The van der Waals surface area contributed by atoms with Crippen LogP contribution in [-0.2, 0) is 4.79 Å². The quantitative estimate of drug-likeness (QED) is 0.574. The fourth-order valence-electron chi connectivity index (χ4n) is 0.702. The number of carbonyl (C=O) groups excluding carboxylic acids is 1. The summed E-state index contributed by atoms with van der Waals surface area (Å²) in [7, 11) is 0. The molecule has 0 heterocycles. The van der Waals surface area contributed by atoms with E-state index < -0.39 is 30.7 Å². The third kappa shape index (κ3) is 13.3. The molecule has 0 saturated carbocycles. The summed E-state index contributed by atoms with van der Waals surface area (Å²) in [5.74, 6) is -1.23. The zero-order valence-electron chi connectivity index (χ0n) is 8.41. The summed E-state index contributed by atoms with van der Waals surface area (Å²) in [5.41, 5.74) is -4.35. The molecule has 102 valence electrons. The van der Waals surface area contributed by atoms with Crippen LogP contribution in [0.15, 0.2) is 0 Å². The van der Waals surface area contributed by atoms with Crippen molar-refractivity contribution in [3.8, 4) is 0 Å². The van der Waals surface area contributed by atoms with Crippen LogP contribution in [0.25, 0.3) is 0 Å². The zero-order valence-corrected chi connectivity index (χ0v) is 9.23. The summed E-state index contributed by atoms with van der Waals surface area (Å²) in [6.07, 6.45) is -4.50. The number of halogens is 6. The van der Waals surface area contributed by atoms with Crippen molar-refractivity contribution in [3.63, 3.8) is 0 Å². The van der Waals surface area contributed by atoms with Crippen molar-refractivity contribution in [3.05, 3.63) is 0 Å². The second-order valence-corrected chi connectivity index (χ2v) is 4.02. The van der Waals surface area contributed by atoms with Gasteiger partial charge in [-0.1, -0.05) is 0 Å². The fraction of sp³-hybridized carbons (Fsp3) is 0.857. The second kappa shape index (κ2) is 6.94. The highest BCUT2D eigenvalue weighted by atomic mass is 32.2. The highest BCUT2D eigenvalue weighted by molar-refractivity contribution is 8.00. The predicted octanol–water partition coefficient (Wildman–Crippen LogP) is 1.51. The first-order valence-electron chi connectivity index (χ1n) is 4.35. The molecule has 17 heavy (non-hydrogen) atoms. The Labute approximate surface area is 97.3 Å². The van der Waals surface area contributed by atoms with E-state index >= 15 is 0 Å². The Morgan fingerprint density at radius 2 is 1.71 bits per heavy atom. The van der Waals surface area contributed by atoms with Crippen LogP contribution in [0.3, 0.4) is 0 Å². The van der Waals surface area contributed by atoms with Crippen molar-refractivity contribution in [1.29, 1.82) is 0 Å².